The van der Waals surface area contributed by atoms with Crippen LogP contribution in [0.25, 0.3) is 0 Å². The lowest BCUT2D eigenvalue weighted by Crippen LogP contribution is -2.43. The van der Waals surface area contributed by atoms with Gasteiger partial charge in [-0.15, -0.1) is 4.31 Å². The van der Waals surface area contributed by atoms with E-state index >= 15 is 0 Å². The number of carbonyl (C=O) groups is 1. The summed E-state index contributed by atoms with van der Waals surface area (Å²) in [7, 11) is 1.64. The molecule has 1 heterocycles. The molecule has 1 fully saturated rings. The Hall–Kier alpha value is -1.04. The Morgan fingerprint density at radius 3 is 2.62 bits per heavy atom. The third-order valence-electron chi connectivity index (χ3n) is 3.74. The Labute approximate surface area is 129 Å². The highest BCUT2D eigenvalue weighted by Gasteiger charge is 2.44. The van der Waals surface area contributed by atoms with Gasteiger partial charge in [0.15, 0.2) is 5.78 Å². The van der Waals surface area contributed by atoms with Crippen molar-refractivity contribution in [2.45, 2.75) is 44.9 Å². The van der Waals surface area contributed by atoms with E-state index in [1.165, 1.54) is 0 Å². The maximum Gasteiger partial charge on any atom is 0.153 e. The van der Waals surface area contributed by atoms with Crippen LogP contribution in [0.5, 0.6) is 5.75 Å². The largest absolute Gasteiger partial charge is 0.597 e. The van der Waals surface area contributed by atoms with Gasteiger partial charge in [0.05, 0.1) is 13.2 Å². The second-order valence-electron chi connectivity index (χ2n) is 6.37. The van der Waals surface area contributed by atoms with Gasteiger partial charge in [0, 0.05) is 17.8 Å². The fourth-order valence-corrected chi connectivity index (χ4v) is 4.05. The number of benzene rings is 1. The van der Waals surface area contributed by atoms with E-state index in [0.29, 0.717) is 6.42 Å². The molecule has 1 aliphatic heterocycles. The molecule has 116 valence electrons. The SMILES string of the molecule is COc1cccc([C@@H]2CC(=O)CN2[S@+]([O-])C(C)(C)C)c1C. The lowest BCUT2D eigenvalue weighted by atomic mass is 9.99. The second-order valence-corrected chi connectivity index (χ2v) is 8.56. The molecule has 0 N–H and O–H groups in total. The molecule has 0 radical (unpaired) electrons. The van der Waals surface area contributed by atoms with E-state index in [9.17, 15) is 9.35 Å². The number of rotatable bonds is 3. The second kappa shape index (κ2) is 5.99. The van der Waals surface area contributed by atoms with Crippen molar-refractivity contribution in [3.8, 4) is 5.75 Å². The molecule has 0 unspecified atom stereocenters. The number of ether oxygens (including phenoxy) is 1. The molecular formula is C16H23NO3S. The summed E-state index contributed by atoms with van der Waals surface area (Å²) < 4.78 is 19.5. The Balaban J connectivity index is 2.39. The van der Waals surface area contributed by atoms with Crippen molar-refractivity contribution in [1.82, 2.24) is 4.31 Å². The van der Waals surface area contributed by atoms with E-state index in [1.54, 1.807) is 7.11 Å². The summed E-state index contributed by atoms with van der Waals surface area (Å²) in [6.07, 6.45) is 0.413. The molecule has 0 saturated carbocycles. The monoisotopic (exact) mass is 309 g/mol. The minimum Gasteiger partial charge on any atom is -0.597 e. The van der Waals surface area contributed by atoms with Gasteiger partial charge in [0.2, 0.25) is 0 Å². The molecule has 2 rings (SSSR count). The zero-order chi connectivity index (χ0) is 15.8. The van der Waals surface area contributed by atoms with Crippen LogP contribution in [0, 0.1) is 6.92 Å². The molecule has 1 aliphatic rings. The molecule has 1 saturated heterocycles. The third kappa shape index (κ3) is 3.25. The van der Waals surface area contributed by atoms with Crippen LogP contribution >= 0.6 is 0 Å². The lowest BCUT2D eigenvalue weighted by molar-refractivity contribution is -0.116. The summed E-state index contributed by atoms with van der Waals surface area (Å²) in [4.78, 5) is 11.9. The first-order valence-corrected chi connectivity index (χ1v) is 8.20. The van der Waals surface area contributed by atoms with Crippen molar-refractivity contribution in [1.29, 1.82) is 0 Å². The molecule has 2 atom stereocenters. The minimum absolute atomic E-state index is 0.132. The molecule has 0 aliphatic carbocycles. The van der Waals surface area contributed by atoms with Crippen LogP contribution in [0.2, 0.25) is 0 Å². The van der Waals surface area contributed by atoms with Gasteiger partial charge in [0.25, 0.3) is 0 Å². The number of carbonyl (C=O) groups excluding carboxylic acids is 1. The third-order valence-corrected chi connectivity index (χ3v) is 5.60. The maximum atomic E-state index is 12.7. The number of Topliss-reactive ketones (excluding diaryl/α,β-unsaturated/α-hetero) is 1. The van der Waals surface area contributed by atoms with Gasteiger partial charge in [-0.2, -0.15) is 0 Å². The summed E-state index contributed by atoms with van der Waals surface area (Å²) in [5.41, 5.74) is 2.04. The van der Waals surface area contributed by atoms with E-state index in [0.717, 1.165) is 16.9 Å². The smallest absolute Gasteiger partial charge is 0.153 e. The van der Waals surface area contributed by atoms with Gasteiger partial charge in [-0.3, -0.25) is 4.79 Å². The summed E-state index contributed by atoms with van der Waals surface area (Å²) in [5.74, 6) is 0.938. The van der Waals surface area contributed by atoms with E-state index in [4.69, 9.17) is 4.74 Å². The first-order valence-electron chi connectivity index (χ1n) is 7.09. The predicted octanol–water partition coefficient (Wildman–Crippen LogP) is 2.78. The number of hydrogen-bond acceptors (Lipinski definition) is 4. The molecular weight excluding hydrogens is 286 g/mol. The standard InChI is InChI=1S/C16H23NO3S/c1-11-13(7-6-8-15(11)20-5)14-9-12(18)10-17(14)21(19)16(2,3)4/h6-8,14H,9-10H2,1-5H3/t14-,21+/m0/s1. The normalized spacial score (nSPS) is 21.6. The summed E-state index contributed by atoms with van der Waals surface area (Å²) in [6.45, 7) is 8.03. The highest BCUT2D eigenvalue weighted by molar-refractivity contribution is 7.90. The highest BCUT2D eigenvalue weighted by atomic mass is 32.2. The molecule has 4 nitrogen and oxygen atoms in total. The van der Waals surface area contributed by atoms with Crippen molar-refractivity contribution in [2.24, 2.45) is 0 Å². The molecule has 0 spiro atoms. The number of methoxy groups -OCH3 is 1. The molecule has 0 bridgehead atoms. The van der Waals surface area contributed by atoms with Crippen molar-refractivity contribution < 1.29 is 14.1 Å². The van der Waals surface area contributed by atoms with Gasteiger partial charge in [-0.05, 0) is 44.9 Å². The van der Waals surface area contributed by atoms with E-state index in [2.05, 4.69) is 0 Å². The zero-order valence-corrected chi connectivity index (χ0v) is 14.1. The Kier molecular flexibility index (Phi) is 4.66. The van der Waals surface area contributed by atoms with Crippen molar-refractivity contribution in [3.63, 3.8) is 0 Å². The fraction of sp³-hybridized carbons (Fsp3) is 0.562. The first-order chi connectivity index (χ1) is 9.75. The zero-order valence-electron chi connectivity index (χ0n) is 13.3. The molecule has 1 aromatic carbocycles. The highest BCUT2D eigenvalue weighted by Crippen LogP contribution is 2.39. The Morgan fingerprint density at radius 1 is 1.38 bits per heavy atom. The maximum absolute atomic E-state index is 12.7. The predicted molar refractivity (Wildman–Crippen MR) is 84.7 cm³/mol. The van der Waals surface area contributed by atoms with Crippen LogP contribution in [0.1, 0.15) is 44.4 Å². The van der Waals surface area contributed by atoms with Crippen LogP contribution in [-0.4, -0.2) is 33.0 Å². The number of ketones is 1. The summed E-state index contributed by atoms with van der Waals surface area (Å²) >= 11 is -1.21. The van der Waals surface area contributed by atoms with Crippen LogP contribution in [0.3, 0.4) is 0 Å². The Bertz CT molecular complexity index is 539. The van der Waals surface area contributed by atoms with Gasteiger partial charge >= 0.3 is 0 Å². The molecule has 0 amide bonds. The molecule has 0 aromatic heterocycles. The average Bonchev–Trinajstić information content (AvgIpc) is 2.78. The number of nitrogens with zero attached hydrogens (tertiary/aromatic N) is 1. The first kappa shape index (κ1) is 16.3. The van der Waals surface area contributed by atoms with Gasteiger partial charge in [-0.25, -0.2) is 0 Å². The van der Waals surface area contributed by atoms with Gasteiger partial charge < -0.3 is 9.29 Å². The lowest BCUT2D eigenvalue weighted by Gasteiger charge is -2.33. The average molecular weight is 309 g/mol. The summed E-state index contributed by atoms with van der Waals surface area (Å²) in [5, 5.41) is 0. The number of hydrogen-bond donors (Lipinski definition) is 0. The molecule has 1 aromatic rings. The fourth-order valence-electron chi connectivity index (χ4n) is 2.67. The summed E-state index contributed by atoms with van der Waals surface area (Å²) in [6, 6.07) is 5.68. The topological polar surface area (TPSA) is 52.6 Å². The van der Waals surface area contributed by atoms with E-state index in [-0.39, 0.29) is 23.1 Å². The van der Waals surface area contributed by atoms with Crippen LogP contribution in [-0.2, 0) is 16.2 Å². The van der Waals surface area contributed by atoms with Gasteiger partial charge in [-0.1, -0.05) is 12.1 Å². The Morgan fingerprint density at radius 2 is 2.05 bits per heavy atom. The van der Waals surface area contributed by atoms with Crippen molar-refractivity contribution in [3.05, 3.63) is 29.3 Å². The quantitative estimate of drug-likeness (QED) is 0.806. The van der Waals surface area contributed by atoms with E-state index in [1.807, 2.05) is 50.2 Å². The van der Waals surface area contributed by atoms with Crippen molar-refractivity contribution in [2.75, 3.05) is 13.7 Å². The molecule has 5 heteroatoms. The minimum atomic E-state index is -1.21. The van der Waals surface area contributed by atoms with Crippen LogP contribution in [0.4, 0.5) is 0 Å². The van der Waals surface area contributed by atoms with Gasteiger partial charge in [0.1, 0.15) is 17.0 Å². The molecule has 21 heavy (non-hydrogen) atoms. The van der Waals surface area contributed by atoms with Crippen molar-refractivity contribution >= 4 is 17.1 Å². The van der Waals surface area contributed by atoms with E-state index < -0.39 is 11.4 Å². The van der Waals surface area contributed by atoms with Crippen LogP contribution in [0.15, 0.2) is 18.2 Å². The van der Waals surface area contributed by atoms with Crippen LogP contribution < -0.4 is 4.74 Å².